The van der Waals surface area contributed by atoms with Crippen molar-refractivity contribution in [1.82, 2.24) is 15.5 Å². The van der Waals surface area contributed by atoms with Gasteiger partial charge in [0, 0.05) is 28.4 Å². The average molecular weight is 402 g/mol. The fraction of sp³-hybridized carbons (Fsp3) is 0.200. The molecule has 0 spiro atoms. The van der Waals surface area contributed by atoms with Crippen LogP contribution in [-0.4, -0.2) is 22.6 Å². The number of hydrogen-bond donors (Lipinski definition) is 3. The molecule has 8 heteroatoms. The number of hydrogen-bond acceptors (Lipinski definition) is 4. The largest absolute Gasteiger partial charge is 0.325 e. The molecule has 0 saturated heterocycles. The van der Waals surface area contributed by atoms with Crippen molar-refractivity contribution < 1.29 is 13.6 Å². The molecule has 3 aromatic rings. The number of halogens is 2. The van der Waals surface area contributed by atoms with Crippen LogP contribution in [0.1, 0.15) is 33.4 Å². The summed E-state index contributed by atoms with van der Waals surface area (Å²) in [6.07, 6.45) is 4.09. The molecule has 0 fully saturated rings. The molecule has 4 N–H and O–H groups in total. The zero-order chi connectivity index (χ0) is 20.3. The average Bonchev–Trinajstić information content (AvgIpc) is 3.29. The second-order valence-electron chi connectivity index (χ2n) is 6.24. The SMILES string of the molecule is CCc1[nH]ncc1-c1sc(C(=O)N/C(=C/c2ccc(F)c(F)c2)CN)cc1C. The summed E-state index contributed by atoms with van der Waals surface area (Å²) in [5, 5.41) is 9.80. The molecule has 3 rings (SSSR count). The van der Waals surface area contributed by atoms with E-state index in [1.54, 1.807) is 6.20 Å². The highest BCUT2D eigenvalue weighted by molar-refractivity contribution is 7.17. The molecule has 0 aliphatic rings. The van der Waals surface area contributed by atoms with Crippen molar-refractivity contribution in [2.45, 2.75) is 20.3 Å². The third kappa shape index (κ3) is 4.18. The van der Waals surface area contributed by atoms with Gasteiger partial charge in [0.25, 0.3) is 5.91 Å². The minimum atomic E-state index is -0.957. The smallest absolute Gasteiger partial charge is 0.265 e. The monoisotopic (exact) mass is 402 g/mol. The van der Waals surface area contributed by atoms with Crippen LogP contribution in [0.5, 0.6) is 0 Å². The zero-order valence-corrected chi connectivity index (χ0v) is 16.3. The third-order valence-corrected chi connectivity index (χ3v) is 5.51. The summed E-state index contributed by atoms with van der Waals surface area (Å²) in [5.41, 5.74) is 9.50. The lowest BCUT2D eigenvalue weighted by Gasteiger charge is -2.07. The van der Waals surface area contributed by atoms with Gasteiger partial charge in [0.15, 0.2) is 11.6 Å². The summed E-state index contributed by atoms with van der Waals surface area (Å²) < 4.78 is 26.4. The van der Waals surface area contributed by atoms with Gasteiger partial charge in [-0.25, -0.2) is 8.78 Å². The molecule has 146 valence electrons. The number of nitrogens with zero attached hydrogens (tertiary/aromatic N) is 1. The second kappa shape index (κ2) is 8.45. The predicted octanol–water partition coefficient (Wildman–Crippen LogP) is 4.02. The van der Waals surface area contributed by atoms with Gasteiger partial charge in [0.1, 0.15) is 0 Å². The Morgan fingerprint density at radius 3 is 2.79 bits per heavy atom. The number of aromatic nitrogens is 2. The van der Waals surface area contributed by atoms with Crippen molar-refractivity contribution in [3.8, 4) is 10.4 Å². The van der Waals surface area contributed by atoms with E-state index in [9.17, 15) is 13.6 Å². The number of H-pyrrole nitrogens is 1. The molecule has 0 aliphatic heterocycles. The predicted molar refractivity (Wildman–Crippen MR) is 107 cm³/mol. The zero-order valence-electron chi connectivity index (χ0n) is 15.5. The highest BCUT2D eigenvalue weighted by atomic mass is 32.1. The van der Waals surface area contributed by atoms with E-state index >= 15 is 0 Å². The Kier molecular flexibility index (Phi) is 6.01. The number of aryl methyl sites for hydroxylation is 2. The summed E-state index contributed by atoms with van der Waals surface area (Å²) in [6, 6.07) is 5.31. The summed E-state index contributed by atoms with van der Waals surface area (Å²) in [5.74, 6) is -2.19. The van der Waals surface area contributed by atoms with E-state index in [-0.39, 0.29) is 12.5 Å². The molecule has 0 bridgehead atoms. The van der Waals surface area contributed by atoms with Crippen LogP contribution in [0, 0.1) is 18.6 Å². The summed E-state index contributed by atoms with van der Waals surface area (Å²) in [6.45, 7) is 4.02. The number of nitrogens with two attached hydrogens (primary N) is 1. The number of rotatable bonds is 6. The minimum Gasteiger partial charge on any atom is -0.325 e. The van der Waals surface area contributed by atoms with Gasteiger partial charge < -0.3 is 11.1 Å². The van der Waals surface area contributed by atoms with Gasteiger partial charge >= 0.3 is 0 Å². The van der Waals surface area contributed by atoms with Crippen LogP contribution in [0.15, 0.2) is 36.2 Å². The van der Waals surface area contributed by atoms with E-state index in [1.165, 1.54) is 23.5 Å². The van der Waals surface area contributed by atoms with Gasteiger partial charge in [0.05, 0.1) is 11.1 Å². The van der Waals surface area contributed by atoms with Crippen LogP contribution in [0.25, 0.3) is 16.5 Å². The molecular formula is C20H20F2N4OS. The third-order valence-electron chi connectivity index (χ3n) is 4.24. The lowest BCUT2D eigenvalue weighted by molar-refractivity contribution is 0.0969. The van der Waals surface area contributed by atoms with Gasteiger partial charge in [0.2, 0.25) is 0 Å². The molecule has 2 heterocycles. The molecule has 0 aliphatic carbocycles. The Balaban J connectivity index is 1.83. The molecular weight excluding hydrogens is 382 g/mol. The van der Waals surface area contributed by atoms with Crippen molar-refractivity contribution in [3.05, 3.63) is 69.5 Å². The molecule has 1 aromatic carbocycles. The van der Waals surface area contributed by atoms with Crippen molar-refractivity contribution in [2.24, 2.45) is 5.73 Å². The quantitative estimate of drug-likeness (QED) is 0.582. The summed E-state index contributed by atoms with van der Waals surface area (Å²) in [7, 11) is 0. The fourth-order valence-corrected chi connectivity index (χ4v) is 3.90. The van der Waals surface area contributed by atoms with Crippen molar-refractivity contribution in [2.75, 3.05) is 6.54 Å². The first kappa shape index (κ1) is 19.9. The number of aromatic amines is 1. The Bertz CT molecular complexity index is 1040. The number of nitrogens with one attached hydrogen (secondary N) is 2. The van der Waals surface area contributed by atoms with Gasteiger partial charge in [-0.1, -0.05) is 13.0 Å². The Hall–Kier alpha value is -2.84. The van der Waals surface area contributed by atoms with Crippen LogP contribution >= 0.6 is 11.3 Å². The molecule has 28 heavy (non-hydrogen) atoms. The van der Waals surface area contributed by atoms with Crippen LogP contribution in [0.3, 0.4) is 0 Å². The molecule has 0 atom stereocenters. The van der Waals surface area contributed by atoms with E-state index in [2.05, 4.69) is 15.5 Å². The second-order valence-corrected chi connectivity index (χ2v) is 7.29. The maximum atomic E-state index is 13.4. The Morgan fingerprint density at radius 1 is 1.32 bits per heavy atom. The summed E-state index contributed by atoms with van der Waals surface area (Å²) >= 11 is 1.37. The van der Waals surface area contributed by atoms with E-state index in [0.29, 0.717) is 16.1 Å². The van der Waals surface area contributed by atoms with Crippen molar-refractivity contribution in [3.63, 3.8) is 0 Å². The van der Waals surface area contributed by atoms with Crippen LogP contribution in [-0.2, 0) is 6.42 Å². The molecule has 0 radical (unpaired) electrons. The first-order chi connectivity index (χ1) is 13.4. The van der Waals surface area contributed by atoms with Crippen molar-refractivity contribution >= 4 is 23.3 Å². The number of benzene rings is 1. The highest BCUT2D eigenvalue weighted by Crippen LogP contribution is 2.34. The Morgan fingerprint density at radius 2 is 2.11 bits per heavy atom. The van der Waals surface area contributed by atoms with Crippen LogP contribution in [0.4, 0.5) is 8.78 Å². The first-order valence-corrected chi connectivity index (χ1v) is 9.54. The number of amides is 1. The fourth-order valence-electron chi connectivity index (χ4n) is 2.80. The van der Waals surface area contributed by atoms with E-state index in [0.717, 1.165) is 40.3 Å². The lowest BCUT2D eigenvalue weighted by Crippen LogP contribution is -2.26. The van der Waals surface area contributed by atoms with Crippen LogP contribution < -0.4 is 11.1 Å². The van der Waals surface area contributed by atoms with Gasteiger partial charge in [-0.2, -0.15) is 5.10 Å². The maximum absolute atomic E-state index is 13.4. The topological polar surface area (TPSA) is 83.8 Å². The number of carbonyl (C=O) groups excluding carboxylic acids is 1. The van der Waals surface area contributed by atoms with E-state index < -0.39 is 11.6 Å². The minimum absolute atomic E-state index is 0.0453. The first-order valence-electron chi connectivity index (χ1n) is 8.73. The standard InChI is InChI=1S/C20H20F2N4OS/c1-3-17-14(10-24-26-17)19-11(2)6-18(28-19)20(27)25-13(9-23)7-12-4-5-15(21)16(22)8-12/h4-8,10H,3,9,23H2,1-2H3,(H,24,26)(H,25,27)/b13-7+. The highest BCUT2D eigenvalue weighted by Gasteiger charge is 2.17. The number of thiophene rings is 1. The number of carbonyl (C=O) groups is 1. The van der Waals surface area contributed by atoms with Gasteiger partial charge in [-0.3, -0.25) is 9.89 Å². The van der Waals surface area contributed by atoms with E-state index in [4.69, 9.17) is 5.73 Å². The molecule has 0 saturated carbocycles. The lowest BCUT2D eigenvalue weighted by atomic mass is 10.1. The molecule has 2 aromatic heterocycles. The maximum Gasteiger partial charge on any atom is 0.265 e. The van der Waals surface area contributed by atoms with Crippen LogP contribution in [0.2, 0.25) is 0 Å². The summed E-state index contributed by atoms with van der Waals surface area (Å²) in [4.78, 5) is 14.2. The van der Waals surface area contributed by atoms with E-state index in [1.807, 2.05) is 19.9 Å². The van der Waals surface area contributed by atoms with Crippen molar-refractivity contribution in [1.29, 1.82) is 0 Å². The Labute approximate surface area is 165 Å². The molecule has 0 unspecified atom stereocenters. The normalized spacial score (nSPS) is 11.7. The molecule has 1 amide bonds. The van der Waals surface area contributed by atoms with Gasteiger partial charge in [-0.15, -0.1) is 11.3 Å². The molecule has 5 nitrogen and oxygen atoms in total. The van der Waals surface area contributed by atoms with Gasteiger partial charge in [-0.05, 0) is 48.7 Å².